The maximum absolute atomic E-state index is 13.2. The number of aryl methyl sites for hydroxylation is 1. The molecule has 1 aliphatic heterocycles. The smallest absolute Gasteiger partial charge is 0.278 e. The number of halogens is 2. The molecule has 1 aromatic carbocycles. The number of hydroxylamine groups is 1. The highest BCUT2D eigenvalue weighted by atomic mass is 35.5. The summed E-state index contributed by atoms with van der Waals surface area (Å²) in [4.78, 5) is 27.8. The van der Waals surface area contributed by atoms with Gasteiger partial charge in [-0.3, -0.25) is 14.0 Å². The molecule has 0 spiro atoms. The number of rotatable bonds is 7. The van der Waals surface area contributed by atoms with E-state index in [9.17, 15) is 4.79 Å². The number of anilines is 3. The third-order valence-electron chi connectivity index (χ3n) is 6.36. The Balaban J connectivity index is 1.53. The summed E-state index contributed by atoms with van der Waals surface area (Å²) in [5.74, 6) is 1.04. The van der Waals surface area contributed by atoms with Crippen LogP contribution in [-0.4, -0.2) is 60.0 Å². The lowest BCUT2D eigenvalue weighted by molar-refractivity contribution is 0.0270. The molecule has 2 aromatic heterocycles. The van der Waals surface area contributed by atoms with Gasteiger partial charge in [0.25, 0.3) is 5.91 Å². The standard InChI is InChI=1S/C24H28Cl2N6O2/c1-15-3-6-19(18(25)11-15)28-22-17(24(33)29-34-14-16-4-5-16)13-32-20(12-27-23(32)21(22)26)31-9-7-30(2)8-10-31/h3,6,11-13,16,28H,4-5,7-10,14H2,1-2H3,(H,29,33). The molecule has 0 bridgehead atoms. The molecule has 2 aliphatic rings. The number of imidazole rings is 1. The molecule has 5 rings (SSSR count). The van der Waals surface area contributed by atoms with Gasteiger partial charge in [0.1, 0.15) is 10.8 Å². The maximum Gasteiger partial charge on any atom is 0.278 e. The molecule has 0 radical (unpaired) electrons. The van der Waals surface area contributed by atoms with Crippen molar-refractivity contribution in [1.29, 1.82) is 0 Å². The van der Waals surface area contributed by atoms with Crippen LogP contribution in [0, 0.1) is 12.8 Å². The quantitative estimate of drug-likeness (QED) is 0.462. The Morgan fingerprint density at radius 1 is 1.21 bits per heavy atom. The first kappa shape index (κ1) is 23.2. The van der Waals surface area contributed by atoms with Crippen molar-refractivity contribution in [3.8, 4) is 0 Å². The van der Waals surface area contributed by atoms with E-state index < -0.39 is 0 Å². The van der Waals surface area contributed by atoms with Crippen molar-refractivity contribution in [3.05, 3.63) is 51.8 Å². The normalized spacial score (nSPS) is 16.8. The van der Waals surface area contributed by atoms with Crippen molar-refractivity contribution in [3.63, 3.8) is 0 Å². The van der Waals surface area contributed by atoms with Gasteiger partial charge < -0.3 is 15.1 Å². The van der Waals surface area contributed by atoms with Crippen LogP contribution in [0.1, 0.15) is 28.8 Å². The predicted octanol–water partition coefficient (Wildman–Crippen LogP) is 4.52. The molecule has 10 heteroatoms. The first-order valence-electron chi connectivity index (χ1n) is 11.5. The molecule has 0 unspecified atom stereocenters. The van der Waals surface area contributed by atoms with Gasteiger partial charge in [-0.05, 0) is 50.4 Å². The molecule has 1 saturated heterocycles. The van der Waals surface area contributed by atoms with Crippen LogP contribution in [0.5, 0.6) is 0 Å². The lowest BCUT2D eigenvalue weighted by Crippen LogP contribution is -2.44. The third kappa shape index (κ3) is 4.81. The number of piperazine rings is 1. The minimum atomic E-state index is -0.381. The second-order valence-electron chi connectivity index (χ2n) is 9.13. The Morgan fingerprint density at radius 3 is 2.68 bits per heavy atom. The first-order valence-corrected chi connectivity index (χ1v) is 12.2. The maximum atomic E-state index is 13.2. The van der Waals surface area contributed by atoms with Gasteiger partial charge in [-0.15, -0.1) is 0 Å². The number of likely N-dealkylation sites (N-methyl/N-ethyl adjacent to an activating group) is 1. The Kier molecular flexibility index (Phi) is 6.57. The molecular weight excluding hydrogens is 475 g/mol. The number of amides is 1. The van der Waals surface area contributed by atoms with Crippen LogP contribution < -0.4 is 15.7 Å². The molecule has 3 heterocycles. The Morgan fingerprint density at radius 2 is 1.97 bits per heavy atom. The Bertz CT molecular complexity index is 1220. The van der Waals surface area contributed by atoms with E-state index in [1.807, 2.05) is 29.5 Å². The van der Waals surface area contributed by atoms with Crippen molar-refractivity contribution >= 4 is 51.9 Å². The first-order chi connectivity index (χ1) is 16.4. The zero-order valence-corrected chi connectivity index (χ0v) is 20.8. The van der Waals surface area contributed by atoms with Gasteiger partial charge >= 0.3 is 0 Å². The van der Waals surface area contributed by atoms with Crippen molar-refractivity contribution in [2.75, 3.05) is 50.1 Å². The number of pyridine rings is 1. The fourth-order valence-corrected chi connectivity index (χ4v) is 4.62. The second-order valence-corrected chi connectivity index (χ2v) is 9.91. The summed E-state index contributed by atoms with van der Waals surface area (Å²) in [5.41, 5.74) is 5.62. The molecule has 1 amide bonds. The van der Waals surface area contributed by atoms with Crippen molar-refractivity contribution in [1.82, 2.24) is 19.8 Å². The van der Waals surface area contributed by atoms with Crippen LogP contribution >= 0.6 is 23.2 Å². The number of nitrogens with zero attached hydrogens (tertiary/aromatic N) is 4. The highest BCUT2D eigenvalue weighted by molar-refractivity contribution is 6.38. The molecule has 180 valence electrons. The molecule has 3 aromatic rings. The number of benzene rings is 1. The minimum Gasteiger partial charge on any atom is -0.354 e. The number of fused-ring (bicyclic) bond motifs is 1. The SMILES string of the molecule is Cc1ccc(Nc2c(C(=O)NOCC3CC3)cn3c(N4CCN(C)CC4)cnc3c2Cl)c(Cl)c1. The van der Waals surface area contributed by atoms with Crippen LogP contribution in [0.25, 0.3) is 5.65 Å². The van der Waals surface area contributed by atoms with E-state index in [-0.39, 0.29) is 5.91 Å². The van der Waals surface area contributed by atoms with Gasteiger partial charge in [0, 0.05) is 32.4 Å². The summed E-state index contributed by atoms with van der Waals surface area (Å²) in [6.07, 6.45) is 5.84. The number of aromatic nitrogens is 2. The number of carbonyl (C=O) groups is 1. The largest absolute Gasteiger partial charge is 0.354 e. The lowest BCUT2D eigenvalue weighted by atomic mass is 10.2. The molecule has 2 fully saturated rings. The van der Waals surface area contributed by atoms with Crippen molar-refractivity contribution in [2.24, 2.45) is 5.92 Å². The van der Waals surface area contributed by atoms with Crippen LogP contribution in [0.4, 0.5) is 17.2 Å². The summed E-state index contributed by atoms with van der Waals surface area (Å²) in [7, 11) is 2.11. The van der Waals surface area contributed by atoms with Gasteiger partial charge in [0.05, 0.1) is 34.8 Å². The summed E-state index contributed by atoms with van der Waals surface area (Å²) < 4.78 is 1.88. The Hall–Kier alpha value is -2.52. The fraction of sp³-hybridized carbons (Fsp3) is 0.417. The molecule has 2 N–H and O–H groups in total. The van der Waals surface area contributed by atoms with Crippen LogP contribution in [0.15, 0.2) is 30.6 Å². The van der Waals surface area contributed by atoms with E-state index in [1.54, 1.807) is 12.4 Å². The van der Waals surface area contributed by atoms with Gasteiger partial charge in [-0.1, -0.05) is 29.3 Å². The predicted molar refractivity (Wildman–Crippen MR) is 136 cm³/mol. The number of hydrogen-bond donors (Lipinski definition) is 2. The fourth-order valence-electron chi connectivity index (χ4n) is 4.05. The van der Waals surface area contributed by atoms with Gasteiger partial charge in [0.15, 0.2) is 5.65 Å². The monoisotopic (exact) mass is 502 g/mol. The highest BCUT2D eigenvalue weighted by Crippen LogP contribution is 2.37. The Labute approximate surface area is 208 Å². The van der Waals surface area contributed by atoms with Gasteiger partial charge in [-0.2, -0.15) is 0 Å². The molecule has 34 heavy (non-hydrogen) atoms. The van der Waals surface area contributed by atoms with E-state index in [0.29, 0.717) is 45.2 Å². The zero-order valence-electron chi connectivity index (χ0n) is 19.3. The third-order valence-corrected chi connectivity index (χ3v) is 7.03. The minimum absolute atomic E-state index is 0.340. The molecule has 0 atom stereocenters. The highest BCUT2D eigenvalue weighted by Gasteiger charge is 2.25. The van der Waals surface area contributed by atoms with Crippen molar-refractivity contribution in [2.45, 2.75) is 19.8 Å². The van der Waals surface area contributed by atoms with Crippen LogP contribution in [0.3, 0.4) is 0 Å². The summed E-state index contributed by atoms with van der Waals surface area (Å²) in [6.45, 7) is 6.12. The average molecular weight is 503 g/mol. The topological polar surface area (TPSA) is 74.1 Å². The van der Waals surface area contributed by atoms with E-state index in [4.69, 9.17) is 28.0 Å². The molecular formula is C24H28Cl2N6O2. The summed E-state index contributed by atoms with van der Waals surface area (Å²) >= 11 is 13.3. The number of carbonyl (C=O) groups excluding carboxylic acids is 1. The molecule has 1 aliphatic carbocycles. The van der Waals surface area contributed by atoms with Gasteiger partial charge in [-0.25, -0.2) is 10.5 Å². The zero-order chi connectivity index (χ0) is 23.8. The summed E-state index contributed by atoms with van der Waals surface area (Å²) in [6, 6.07) is 5.67. The van der Waals surface area contributed by atoms with E-state index in [1.165, 1.54) is 0 Å². The van der Waals surface area contributed by atoms with E-state index in [2.05, 4.69) is 32.6 Å². The van der Waals surface area contributed by atoms with E-state index >= 15 is 0 Å². The molecule has 1 saturated carbocycles. The van der Waals surface area contributed by atoms with Crippen LogP contribution in [0.2, 0.25) is 10.0 Å². The number of hydrogen-bond acceptors (Lipinski definition) is 6. The van der Waals surface area contributed by atoms with Gasteiger partial charge in [0.2, 0.25) is 0 Å². The van der Waals surface area contributed by atoms with Crippen LogP contribution in [-0.2, 0) is 4.84 Å². The average Bonchev–Trinajstić information content (AvgIpc) is 3.54. The van der Waals surface area contributed by atoms with Crippen molar-refractivity contribution < 1.29 is 9.63 Å². The second kappa shape index (κ2) is 9.62. The summed E-state index contributed by atoms with van der Waals surface area (Å²) in [5, 5.41) is 4.14. The number of nitrogens with one attached hydrogen (secondary N) is 2. The molecule has 8 nitrogen and oxygen atoms in total. The lowest BCUT2D eigenvalue weighted by Gasteiger charge is -2.33. The van der Waals surface area contributed by atoms with E-state index in [0.717, 1.165) is 50.4 Å².